The molecule has 0 aliphatic rings. The Morgan fingerprint density at radius 3 is 2.76 bits per heavy atom. The lowest BCUT2D eigenvalue weighted by atomic mass is 10.2. The molecule has 2 rings (SSSR count). The monoisotopic (exact) mass is 323 g/mol. The molecule has 0 spiro atoms. The molecule has 3 N–H and O–H groups in total. The number of hydrazine groups is 1. The van der Waals surface area contributed by atoms with Crippen LogP contribution in [0.2, 0.25) is 5.02 Å². The predicted molar refractivity (Wildman–Crippen MR) is 84.0 cm³/mol. The van der Waals surface area contributed by atoms with Gasteiger partial charge < -0.3 is 4.98 Å². The summed E-state index contributed by atoms with van der Waals surface area (Å²) in [7, 11) is 0. The molecule has 1 aromatic heterocycles. The molecule has 0 fully saturated rings. The number of hydrogen-bond donors (Lipinski definition) is 3. The number of thioether (sulfide) groups is 1. The van der Waals surface area contributed by atoms with Crippen molar-refractivity contribution in [3.8, 4) is 0 Å². The predicted octanol–water partition coefficient (Wildman–Crippen LogP) is 2.36. The molecule has 1 heterocycles. The Hall–Kier alpha value is -1.92. The van der Waals surface area contributed by atoms with E-state index in [9.17, 15) is 9.59 Å². The van der Waals surface area contributed by atoms with Crippen molar-refractivity contribution in [1.29, 1.82) is 0 Å². The van der Waals surface area contributed by atoms with E-state index in [-0.39, 0.29) is 17.6 Å². The molecule has 7 heteroatoms. The van der Waals surface area contributed by atoms with Gasteiger partial charge in [0, 0.05) is 17.0 Å². The molecule has 0 atom stereocenters. The Bertz CT molecular complexity index is 616. The Morgan fingerprint density at radius 1 is 1.19 bits per heavy atom. The van der Waals surface area contributed by atoms with Gasteiger partial charge in [-0.25, -0.2) is 0 Å². The van der Waals surface area contributed by atoms with Crippen LogP contribution in [0.1, 0.15) is 16.1 Å². The van der Waals surface area contributed by atoms with E-state index in [0.717, 1.165) is 5.56 Å². The number of H-pyrrole nitrogens is 1. The minimum Gasteiger partial charge on any atom is -0.357 e. The summed E-state index contributed by atoms with van der Waals surface area (Å²) in [4.78, 5) is 25.9. The molecule has 0 aliphatic heterocycles. The van der Waals surface area contributed by atoms with Crippen molar-refractivity contribution in [2.45, 2.75) is 5.75 Å². The minimum absolute atomic E-state index is 0.248. The fourth-order valence-corrected chi connectivity index (χ4v) is 2.58. The van der Waals surface area contributed by atoms with Gasteiger partial charge in [0.25, 0.3) is 5.91 Å². The van der Waals surface area contributed by atoms with Crippen LogP contribution in [-0.4, -0.2) is 22.6 Å². The standard InChI is InChI=1S/C14H14ClN3O2S/c15-11-4-1-3-10(7-11)8-21-9-13(19)17-18-14(20)12-5-2-6-16-12/h1-7,16H,8-9H2,(H,17,19)(H,18,20). The van der Waals surface area contributed by atoms with Crippen molar-refractivity contribution in [3.63, 3.8) is 0 Å². The van der Waals surface area contributed by atoms with E-state index in [0.29, 0.717) is 16.5 Å². The SMILES string of the molecule is O=C(CSCc1cccc(Cl)c1)NNC(=O)c1ccc[nH]1. The number of amides is 2. The first-order chi connectivity index (χ1) is 10.1. The molecule has 0 aliphatic carbocycles. The fraction of sp³-hybridized carbons (Fsp3) is 0.143. The topological polar surface area (TPSA) is 74.0 Å². The van der Waals surface area contributed by atoms with E-state index in [2.05, 4.69) is 15.8 Å². The Balaban J connectivity index is 1.67. The number of aromatic amines is 1. The van der Waals surface area contributed by atoms with Crippen LogP contribution in [-0.2, 0) is 10.5 Å². The zero-order chi connectivity index (χ0) is 15.1. The lowest BCUT2D eigenvalue weighted by Crippen LogP contribution is -2.42. The van der Waals surface area contributed by atoms with Crippen LogP contribution in [0.25, 0.3) is 0 Å². The van der Waals surface area contributed by atoms with E-state index in [1.807, 2.05) is 18.2 Å². The van der Waals surface area contributed by atoms with E-state index >= 15 is 0 Å². The van der Waals surface area contributed by atoms with Crippen molar-refractivity contribution < 1.29 is 9.59 Å². The van der Waals surface area contributed by atoms with E-state index in [4.69, 9.17) is 11.6 Å². The van der Waals surface area contributed by atoms with Crippen molar-refractivity contribution in [2.75, 3.05) is 5.75 Å². The second-order valence-electron chi connectivity index (χ2n) is 4.21. The van der Waals surface area contributed by atoms with Crippen molar-refractivity contribution in [3.05, 3.63) is 58.9 Å². The zero-order valence-corrected chi connectivity index (χ0v) is 12.6. The van der Waals surface area contributed by atoms with E-state index in [1.165, 1.54) is 11.8 Å². The third-order valence-corrected chi connectivity index (χ3v) is 3.79. The molecule has 1 aromatic carbocycles. The molecule has 0 saturated heterocycles. The molecule has 0 radical (unpaired) electrons. The van der Waals surface area contributed by atoms with Crippen LogP contribution in [0.15, 0.2) is 42.6 Å². The van der Waals surface area contributed by atoms with E-state index in [1.54, 1.807) is 24.4 Å². The van der Waals surface area contributed by atoms with Crippen molar-refractivity contribution in [1.82, 2.24) is 15.8 Å². The normalized spacial score (nSPS) is 10.1. The molecule has 0 saturated carbocycles. The molecular weight excluding hydrogens is 310 g/mol. The van der Waals surface area contributed by atoms with Crippen LogP contribution in [0.4, 0.5) is 0 Å². The highest BCUT2D eigenvalue weighted by Crippen LogP contribution is 2.16. The highest BCUT2D eigenvalue weighted by atomic mass is 35.5. The third-order valence-electron chi connectivity index (χ3n) is 2.55. The third kappa shape index (κ3) is 5.17. The van der Waals surface area contributed by atoms with Gasteiger partial charge in [-0.15, -0.1) is 11.8 Å². The van der Waals surface area contributed by atoms with Crippen LogP contribution in [0.3, 0.4) is 0 Å². The minimum atomic E-state index is -0.381. The van der Waals surface area contributed by atoms with Crippen LogP contribution >= 0.6 is 23.4 Å². The summed E-state index contributed by atoms with van der Waals surface area (Å²) in [6.07, 6.45) is 1.64. The molecule has 2 aromatic rings. The van der Waals surface area contributed by atoms with Gasteiger partial charge in [-0.1, -0.05) is 23.7 Å². The van der Waals surface area contributed by atoms with E-state index < -0.39 is 0 Å². The maximum atomic E-state index is 11.6. The number of carbonyl (C=O) groups excluding carboxylic acids is 2. The van der Waals surface area contributed by atoms with Gasteiger partial charge in [0.05, 0.1) is 5.75 Å². The summed E-state index contributed by atoms with van der Waals surface area (Å²) in [5.74, 6) is 0.283. The van der Waals surface area contributed by atoms with Crippen molar-refractivity contribution >= 4 is 35.2 Å². The zero-order valence-electron chi connectivity index (χ0n) is 11.1. The first kappa shape index (κ1) is 15.5. The number of aromatic nitrogens is 1. The summed E-state index contributed by atoms with van der Waals surface area (Å²) >= 11 is 7.32. The largest absolute Gasteiger partial charge is 0.357 e. The number of benzene rings is 1. The number of nitrogens with one attached hydrogen (secondary N) is 3. The summed E-state index contributed by atoms with van der Waals surface area (Å²) in [5.41, 5.74) is 6.14. The van der Waals surface area contributed by atoms with Gasteiger partial charge in [-0.05, 0) is 29.8 Å². The average molecular weight is 324 g/mol. The Kier molecular flexibility index (Phi) is 5.71. The summed E-state index contributed by atoms with van der Waals surface area (Å²) < 4.78 is 0. The maximum Gasteiger partial charge on any atom is 0.286 e. The molecule has 110 valence electrons. The van der Waals surface area contributed by atoms with Crippen molar-refractivity contribution in [2.24, 2.45) is 0 Å². The first-order valence-corrected chi connectivity index (χ1v) is 7.73. The molecule has 21 heavy (non-hydrogen) atoms. The highest BCUT2D eigenvalue weighted by Gasteiger charge is 2.07. The number of rotatable bonds is 5. The van der Waals surface area contributed by atoms with Crippen LogP contribution in [0.5, 0.6) is 0 Å². The van der Waals surface area contributed by atoms with Crippen LogP contribution < -0.4 is 10.9 Å². The van der Waals surface area contributed by atoms with Gasteiger partial charge >= 0.3 is 0 Å². The second kappa shape index (κ2) is 7.75. The van der Waals surface area contributed by atoms with Gasteiger partial charge in [0.15, 0.2) is 0 Å². The Morgan fingerprint density at radius 2 is 2.05 bits per heavy atom. The molecular formula is C14H14ClN3O2S. The highest BCUT2D eigenvalue weighted by molar-refractivity contribution is 7.99. The second-order valence-corrected chi connectivity index (χ2v) is 5.63. The maximum absolute atomic E-state index is 11.6. The average Bonchev–Trinajstić information content (AvgIpc) is 2.99. The number of halogens is 1. The van der Waals surface area contributed by atoms with Crippen LogP contribution in [0, 0.1) is 0 Å². The Labute approximate surface area is 131 Å². The lowest BCUT2D eigenvalue weighted by molar-refractivity contribution is -0.119. The first-order valence-electron chi connectivity index (χ1n) is 6.20. The molecule has 2 amide bonds. The van der Waals surface area contributed by atoms with Gasteiger partial charge in [0.2, 0.25) is 5.91 Å². The van der Waals surface area contributed by atoms with Gasteiger partial charge in [0.1, 0.15) is 5.69 Å². The fourth-order valence-electron chi connectivity index (χ4n) is 1.59. The summed E-state index contributed by atoms with van der Waals surface area (Å²) in [6, 6.07) is 10.8. The lowest BCUT2D eigenvalue weighted by Gasteiger charge is -2.06. The number of hydrogen-bond acceptors (Lipinski definition) is 3. The smallest absolute Gasteiger partial charge is 0.286 e. The summed E-state index contributed by atoms with van der Waals surface area (Å²) in [6.45, 7) is 0. The van der Waals surface area contributed by atoms with Gasteiger partial charge in [-0.2, -0.15) is 0 Å². The number of carbonyl (C=O) groups is 2. The molecule has 0 bridgehead atoms. The molecule has 0 unspecified atom stereocenters. The quantitative estimate of drug-likeness (QED) is 0.739. The van der Waals surface area contributed by atoms with Gasteiger partial charge in [-0.3, -0.25) is 20.4 Å². The molecule has 5 nitrogen and oxygen atoms in total. The summed E-state index contributed by atoms with van der Waals surface area (Å²) in [5, 5.41) is 0.677.